The number of nitrogens with one attached hydrogen (secondary N) is 1. The molecule has 1 amide bonds. The quantitative estimate of drug-likeness (QED) is 0.868. The molecule has 1 fully saturated rings. The molecule has 0 radical (unpaired) electrons. The van der Waals surface area contributed by atoms with Gasteiger partial charge in [0.1, 0.15) is 0 Å². The number of ether oxygens (including phenoxy) is 1. The van der Waals surface area contributed by atoms with E-state index in [0.717, 1.165) is 21.9 Å². The summed E-state index contributed by atoms with van der Waals surface area (Å²) in [5, 5.41) is 2.89. The maximum Gasteiger partial charge on any atom is 0.244 e. The third-order valence-electron chi connectivity index (χ3n) is 2.58. The lowest BCUT2D eigenvalue weighted by Gasteiger charge is -2.37. The molecule has 0 unspecified atom stereocenters. The van der Waals surface area contributed by atoms with Gasteiger partial charge in [-0.05, 0) is 34.1 Å². The predicted molar refractivity (Wildman–Crippen MR) is 73.0 cm³/mol. The van der Waals surface area contributed by atoms with Crippen LogP contribution in [0.4, 0.5) is 0 Å². The Bertz CT molecular complexity index is 437. The molecule has 92 valence electrons. The van der Waals surface area contributed by atoms with Gasteiger partial charge in [0.2, 0.25) is 5.91 Å². The first-order valence-corrected chi connectivity index (χ1v) is 6.97. The molecule has 2 heterocycles. The minimum atomic E-state index is -0.0531. The second-order valence-electron chi connectivity index (χ2n) is 4.50. The van der Waals surface area contributed by atoms with Gasteiger partial charge in [-0.1, -0.05) is 6.92 Å². The molecule has 0 spiro atoms. The van der Waals surface area contributed by atoms with Crippen LogP contribution in [0, 0.1) is 5.41 Å². The first-order chi connectivity index (χ1) is 8.07. The topological polar surface area (TPSA) is 38.3 Å². The number of carbonyl (C=O) groups is 1. The third kappa shape index (κ3) is 3.66. The second-order valence-corrected chi connectivity index (χ2v) is 6.99. The summed E-state index contributed by atoms with van der Waals surface area (Å²) in [5.74, 6) is -0.0531. The van der Waals surface area contributed by atoms with Gasteiger partial charge in [-0.25, -0.2) is 0 Å². The predicted octanol–water partition coefficient (Wildman–Crippen LogP) is 2.68. The smallest absolute Gasteiger partial charge is 0.244 e. The van der Waals surface area contributed by atoms with Crippen LogP contribution in [0.25, 0.3) is 6.08 Å². The van der Waals surface area contributed by atoms with E-state index in [4.69, 9.17) is 4.74 Å². The van der Waals surface area contributed by atoms with Crippen molar-refractivity contribution in [3.8, 4) is 0 Å². The molecule has 3 nitrogen and oxygen atoms in total. The summed E-state index contributed by atoms with van der Waals surface area (Å²) in [4.78, 5) is 12.6. The zero-order valence-electron chi connectivity index (χ0n) is 9.53. The Hall–Kier alpha value is -0.650. The molecular weight excluding hydrogens is 302 g/mol. The number of amides is 1. The first kappa shape index (κ1) is 12.8. The standard InChI is InChI=1S/C12H14BrNO2S/c1-12(7-16-8-12)6-14-11(15)5-3-9-2-4-10(13)17-9/h2-5H,6-8H2,1H3,(H,14,15). The second kappa shape index (κ2) is 5.33. The molecule has 1 aliphatic heterocycles. The van der Waals surface area contributed by atoms with Crippen molar-refractivity contribution < 1.29 is 9.53 Å². The highest BCUT2D eigenvalue weighted by Crippen LogP contribution is 2.25. The molecule has 1 N–H and O–H groups in total. The maximum absolute atomic E-state index is 11.6. The fourth-order valence-corrected chi connectivity index (χ4v) is 2.81. The van der Waals surface area contributed by atoms with E-state index in [1.54, 1.807) is 17.4 Å². The molecule has 0 aliphatic carbocycles. The van der Waals surface area contributed by atoms with Crippen molar-refractivity contribution in [1.82, 2.24) is 5.32 Å². The highest BCUT2D eigenvalue weighted by Gasteiger charge is 2.33. The minimum absolute atomic E-state index is 0.0531. The van der Waals surface area contributed by atoms with Crippen LogP contribution < -0.4 is 5.32 Å². The van der Waals surface area contributed by atoms with Gasteiger partial charge in [0.25, 0.3) is 0 Å². The Kier molecular flexibility index (Phi) is 4.01. The van der Waals surface area contributed by atoms with Gasteiger partial charge in [0.05, 0.1) is 17.0 Å². The van der Waals surface area contributed by atoms with Crippen molar-refractivity contribution >= 4 is 39.2 Å². The molecule has 0 aromatic carbocycles. The van der Waals surface area contributed by atoms with Gasteiger partial charge in [-0.2, -0.15) is 0 Å². The van der Waals surface area contributed by atoms with Gasteiger partial charge >= 0.3 is 0 Å². The van der Waals surface area contributed by atoms with Crippen LogP contribution in [0.15, 0.2) is 22.0 Å². The summed E-state index contributed by atoms with van der Waals surface area (Å²) in [6.07, 6.45) is 3.39. The summed E-state index contributed by atoms with van der Waals surface area (Å²) in [6, 6.07) is 3.94. The van der Waals surface area contributed by atoms with Crippen LogP contribution in [0.1, 0.15) is 11.8 Å². The first-order valence-electron chi connectivity index (χ1n) is 5.36. The summed E-state index contributed by atoms with van der Waals surface area (Å²) in [5.41, 5.74) is 0.120. The zero-order valence-corrected chi connectivity index (χ0v) is 11.9. The number of carbonyl (C=O) groups excluding carboxylic acids is 1. The lowest BCUT2D eigenvalue weighted by atomic mass is 9.89. The summed E-state index contributed by atoms with van der Waals surface area (Å²) in [7, 11) is 0. The third-order valence-corrected chi connectivity index (χ3v) is 4.17. The lowest BCUT2D eigenvalue weighted by Crippen LogP contribution is -2.48. The van der Waals surface area contributed by atoms with Crippen molar-refractivity contribution in [3.05, 3.63) is 26.9 Å². The van der Waals surface area contributed by atoms with Crippen molar-refractivity contribution in [2.75, 3.05) is 19.8 Å². The van der Waals surface area contributed by atoms with E-state index >= 15 is 0 Å². The van der Waals surface area contributed by atoms with Crippen molar-refractivity contribution in [2.45, 2.75) is 6.92 Å². The van der Waals surface area contributed by atoms with Gasteiger partial charge in [-0.3, -0.25) is 4.79 Å². The fourth-order valence-electron chi connectivity index (χ4n) is 1.49. The Morgan fingerprint density at radius 3 is 2.94 bits per heavy atom. The minimum Gasteiger partial charge on any atom is -0.380 e. The maximum atomic E-state index is 11.6. The van der Waals surface area contributed by atoms with E-state index in [2.05, 4.69) is 28.2 Å². The van der Waals surface area contributed by atoms with E-state index in [1.165, 1.54) is 0 Å². The van der Waals surface area contributed by atoms with Crippen LogP contribution in [-0.2, 0) is 9.53 Å². The van der Waals surface area contributed by atoms with E-state index in [-0.39, 0.29) is 11.3 Å². The van der Waals surface area contributed by atoms with Crippen LogP contribution in [0.3, 0.4) is 0 Å². The van der Waals surface area contributed by atoms with E-state index in [0.29, 0.717) is 6.54 Å². The van der Waals surface area contributed by atoms with Crippen molar-refractivity contribution in [2.24, 2.45) is 5.41 Å². The molecule has 17 heavy (non-hydrogen) atoms. The van der Waals surface area contributed by atoms with Crippen LogP contribution in [0.5, 0.6) is 0 Å². The Labute approximate surface area is 113 Å². The number of halogens is 1. The number of hydrogen-bond donors (Lipinski definition) is 1. The van der Waals surface area contributed by atoms with E-state index in [1.807, 2.05) is 18.2 Å². The SMILES string of the molecule is CC1(CNC(=O)C=Cc2ccc(Br)s2)COC1. The summed E-state index contributed by atoms with van der Waals surface area (Å²) < 4.78 is 6.20. The van der Waals surface area contributed by atoms with Gasteiger partial charge in [-0.15, -0.1) is 11.3 Å². The molecule has 0 bridgehead atoms. The highest BCUT2D eigenvalue weighted by atomic mass is 79.9. The molecule has 1 saturated heterocycles. The van der Waals surface area contributed by atoms with Crippen LogP contribution in [0.2, 0.25) is 0 Å². The molecule has 1 aliphatic rings. The van der Waals surface area contributed by atoms with Crippen LogP contribution in [-0.4, -0.2) is 25.7 Å². The Balaban J connectivity index is 1.79. The monoisotopic (exact) mass is 315 g/mol. The Morgan fingerprint density at radius 1 is 1.65 bits per heavy atom. The Morgan fingerprint density at radius 2 is 2.41 bits per heavy atom. The molecular formula is C12H14BrNO2S. The fraction of sp³-hybridized carbons (Fsp3) is 0.417. The lowest BCUT2D eigenvalue weighted by molar-refractivity contribution is -0.122. The van der Waals surface area contributed by atoms with E-state index < -0.39 is 0 Å². The zero-order chi connectivity index (χ0) is 12.3. The number of thiophene rings is 1. The molecule has 2 rings (SSSR count). The average Bonchev–Trinajstić information content (AvgIpc) is 2.67. The van der Waals surface area contributed by atoms with Gasteiger partial charge in [0, 0.05) is 22.9 Å². The molecule has 0 saturated carbocycles. The van der Waals surface area contributed by atoms with Gasteiger partial charge < -0.3 is 10.1 Å². The van der Waals surface area contributed by atoms with Crippen LogP contribution >= 0.6 is 27.3 Å². The highest BCUT2D eigenvalue weighted by molar-refractivity contribution is 9.11. The molecule has 1 aromatic heterocycles. The van der Waals surface area contributed by atoms with Crippen molar-refractivity contribution in [3.63, 3.8) is 0 Å². The van der Waals surface area contributed by atoms with Crippen molar-refractivity contribution in [1.29, 1.82) is 0 Å². The molecule has 1 aromatic rings. The molecule has 5 heteroatoms. The largest absolute Gasteiger partial charge is 0.380 e. The van der Waals surface area contributed by atoms with E-state index in [9.17, 15) is 4.79 Å². The number of hydrogen-bond acceptors (Lipinski definition) is 3. The number of rotatable bonds is 4. The molecule has 0 atom stereocenters. The average molecular weight is 316 g/mol. The van der Waals surface area contributed by atoms with Gasteiger partial charge in [0.15, 0.2) is 0 Å². The summed E-state index contributed by atoms with van der Waals surface area (Å²) in [6.45, 7) is 4.24. The normalized spacial score (nSPS) is 18.0. The summed E-state index contributed by atoms with van der Waals surface area (Å²) >= 11 is 4.98.